The third-order valence-corrected chi connectivity index (χ3v) is 13.4. The predicted molar refractivity (Wildman–Crippen MR) is 245 cm³/mol. The number of hydrogen-bond acceptors (Lipinski definition) is 1. The van der Waals surface area contributed by atoms with E-state index in [0.29, 0.717) is 5.92 Å². The molecule has 2 atom stereocenters. The average Bonchev–Trinajstić information content (AvgIpc) is 3.67. The molecule has 2 unspecified atom stereocenters. The van der Waals surface area contributed by atoms with Crippen LogP contribution in [0, 0.1) is 5.92 Å². The van der Waals surface area contributed by atoms with Crippen molar-refractivity contribution < 1.29 is 6.22 Å². The SMILES string of the molecule is O=C1c2ccccc2-c2ccc3c([nH]c4ccc(-c5ccc6c(c5)c5ccccc5n6-c5cccc(C67C=C(c8ccccc8)C=C(c8ccccc8)C6C7)c5)cc43)c21.[HH]. The molecule has 0 amide bonds. The molecule has 3 heteroatoms. The van der Waals surface area contributed by atoms with Gasteiger partial charge in [0, 0.05) is 45.2 Å². The van der Waals surface area contributed by atoms with Gasteiger partial charge in [-0.3, -0.25) is 4.79 Å². The van der Waals surface area contributed by atoms with Crippen molar-refractivity contribution in [3.8, 4) is 27.9 Å². The summed E-state index contributed by atoms with van der Waals surface area (Å²) in [4.78, 5) is 17.2. The summed E-state index contributed by atoms with van der Waals surface area (Å²) in [5, 5.41) is 4.66. The van der Waals surface area contributed by atoms with Crippen LogP contribution in [0.3, 0.4) is 0 Å². The fourth-order valence-electron chi connectivity index (χ4n) is 10.6. The molecule has 0 bridgehead atoms. The lowest BCUT2D eigenvalue weighted by atomic mass is 9.81. The molecule has 0 spiro atoms. The van der Waals surface area contributed by atoms with Gasteiger partial charge in [-0.25, -0.2) is 0 Å². The highest BCUT2D eigenvalue weighted by Gasteiger charge is 2.57. The van der Waals surface area contributed by atoms with E-state index in [9.17, 15) is 4.79 Å². The Morgan fingerprint density at radius 1 is 0.542 bits per heavy atom. The zero-order valence-electron chi connectivity index (χ0n) is 32.1. The van der Waals surface area contributed by atoms with Crippen LogP contribution in [0.1, 0.15) is 40.5 Å². The standard InChI is InChI=1S/C56H36N2O.H2/c59-55-45-20-8-7-18-41(45)43-24-25-44-47-28-36(22-26-50(47)57-54(44)53(43)55)37-23-27-52-48(29-37)42-19-9-10-21-51(42)58(52)40-17-11-16-39(31-40)56-32-38(34-12-3-1-4-13-34)30-46(49(56)33-56)35-14-5-2-6-15-35;/h1-32,49,57H,33H2;1H. The van der Waals surface area contributed by atoms with E-state index in [1.165, 1.54) is 55.3 Å². The molecule has 2 aromatic heterocycles. The predicted octanol–water partition coefficient (Wildman–Crippen LogP) is 14.0. The van der Waals surface area contributed by atoms with Crippen LogP contribution in [0.25, 0.3) is 82.7 Å². The molecule has 0 radical (unpaired) electrons. The molecule has 59 heavy (non-hydrogen) atoms. The minimum atomic E-state index is -0.0641. The number of ketones is 1. The zero-order chi connectivity index (χ0) is 38.8. The first-order valence-corrected chi connectivity index (χ1v) is 20.6. The largest absolute Gasteiger partial charge is 0.354 e. The molecule has 10 aromatic rings. The quantitative estimate of drug-likeness (QED) is 0.187. The molecule has 1 N–H and O–H groups in total. The lowest BCUT2D eigenvalue weighted by molar-refractivity contribution is 0.104. The Labute approximate surface area is 342 Å². The summed E-state index contributed by atoms with van der Waals surface area (Å²) in [7, 11) is 0. The highest BCUT2D eigenvalue weighted by atomic mass is 16.1. The van der Waals surface area contributed by atoms with Crippen LogP contribution < -0.4 is 0 Å². The first-order valence-electron chi connectivity index (χ1n) is 20.6. The maximum absolute atomic E-state index is 13.6. The van der Waals surface area contributed by atoms with Gasteiger partial charge in [-0.05, 0) is 105 Å². The van der Waals surface area contributed by atoms with Gasteiger partial charge in [0.2, 0.25) is 0 Å². The molecule has 3 aliphatic rings. The molecular weight excluding hydrogens is 717 g/mol. The van der Waals surface area contributed by atoms with E-state index in [4.69, 9.17) is 0 Å². The lowest BCUT2D eigenvalue weighted by Gasteiger charge is -2.24. The maximum Gasteiger partial charge on any atom is 0.196 e. The molecule has 0 aliphatic heterocycles. The van der Waals surface area contributed by atoms with Gasteiger partial charge < -0.3 is 9.55 Å². The monoisotopic (exact) mass is 754 g/mol. The number of nitrogens with one attached hydrogen (secondary N) is 1. The Bertz CT molecular complexity index is 3500. The minimum Gasteiger partial charge on any atom is -0.354 e. The Morgan fingerprint density at radius 3 is 2.10 bits per heavy atom. The second-order valence-corrected chi connectivity index (χ2v) is 16.5. The maximum atomic E-state index is 13.6. The third kappa shape index (κ3) is 4.67. The summed E-state index contributed by atoms with van der Waals surface area (Å²) in [6.07, 6.45) is 6.07. The fraction of sp³-hybridized carbons (Fsp3) is 0.0536. The number of fused-ring (bicyclic) bond motifs is 11. The third-order valence-electron chi connectivity index (χ3n) is 13.4. The molecule has 1 saturated carbocycles. The van der Waals surface area contributed by atoms with E-state index in [2.05, 4.69) is 179 Å². The topological polar surface area (TPSA) is 37.8 Å². The van der Waals surface area contributed by atoms with Gasteiger partial charge in [-0.2, -0.15) is 0 Å². The Morgan fingerprint density at radius 2 is 1.25 bits per heavy atom. The van der Waals surface area contributed by atoms with Crippen molar-refractivity contribution in [3.63, 3.8) is 0 Å². The van der Waals surface area contributed by atoms with Crippen LogP contribution in [-0.4, -0.2) is 15.3 Å². The molecule has 3 nitrogen and oxygen atoms in total. The average molecular weight is 755 g/mol. The van der Waals surface area contributed by atoms with E-state index < -0.39 is 0 Å². The van der Waals surface area contributed by atoms with Crippen LogP contribution in [0.4, 0.5) is 0 Å². The van der Waals surface area contributed by atoms with E-state index >= 15 is 0 Å². The van der Waals surface area contributed by atoms with Gasteiger partial charge in [0.25, 0.3) is 0 Å². The second kappa shape index (κ2) is 12.0. The van der Waals surface area contributed by atoms with Crippen molar-refractivity contribution >= 4 is 60.5 Å². The first-order chi connectivity index (χ1) is 29.1. The van der Waals surface area contributed by atoms with Crippen LogP contribution >= 0.6 is 0 Å². The highest BCUT2D eigenvalue weighted by molar-refractivity contribution is 6.29. The van der Waals surface area contributed by atoms with Crippen molar-refractivity contribution in [1.82, 2.24) is 9.55 Å². The number of allylic oxidation sites excluding steroid dienone is 4. The van der Waals surface area contributed by atoms with Crippen LogP contribution in [0.15, 0.2) is 194 Å². The number of aromatic amines is 1. The van der Waals surface area contributed by atoms with Crippen molar-refractivity contribution in [1.29, 1.82) is 0 Å². The molecule has 13 rings (SSSR count). The van der Waals surface area contributed by atoms with E-state index in [1.54, 1.807) is 0 Å². The Kier molecular flexibility index (Phi) is 6.64. The Hall–Kier alpha value is -7.49. The van der Waals surface area contributed by atoms with Crippen LogP contribution in [0.5, 0.6) is 0 Å². The summed E-state index contributed by atoms with van der Waals surface area (Å²) in [6.45, 7) is 0. The summed E-state index contributed by atoms with van der Waals surface area (Å²) in [5.41, 5.74) is 18.0. The lowest BCUT2D eigenvalue weighted by Crippen LogP contribution is -2.13. The van der Waals surface area contributed by atoms with Crippen molar-refractivity contribution in [2.45, 2.75) is 11.8 Å². The first kappa shape index (κ1) is 32.6. The number of hydrogen-bond donors (Lipinski definition) is 1. The van der Waals surface area contributed by atoms with E-state index in [-0.39, 0.29) is 12.6 Å². The number of aromatic nitrogens is 2. The number of nitrogens with zero attached hydrogens (tertiary/aromatic N) is 1. The summed E-state index contributed by atoms with van der Waals surface area (Å²) in [6, 6.07) is 65.6. The molecule has 8 aromatic carbocycles. The van der Waals surface area contributed by atoms with E-state index in [1.807, 2.05) is 24.3 Å². The summed E-state index contributed by atoms with van der Waals surface area (Å²) < 4.78 is 2.45. The zero-order valence-corrected chi connectivity index (χ0v) is 32.1. The smallest absolute Gasteiger partial charge is 0.196 e. The van der Waals surface area contributed by atoms with Crippen LogP contribution in [-0.2, 0) is 5.41 Å². The molecule has 1 fully saturated rings. The highest BCUT2D eigenvalue weighted by Crippen LogP contribution is 2.64. The van der Waals surface area contributed by atoms with Gasteiger partial charge in [-0.15, -0.1) is 0 Å². The van der Waals surface area contributed by atoms with Gasteiger partial charge in [0.05, 0.1) is 22.1 Å². The second-order valence-electron chi connectivity index (χ2n) is 16.5. The number of rotatable bonds is 5. The van der Waals surface area contributed by atoms with Gasteiger partial charge in [0.15, 0.2) is 5.78 Å². The van der Waals surface area contributed by atoms with E-state index in [0.717, 1.165) is 61.6 Å². The normalized spacial score (nSPS) is 17.9. The molecule has 3 aliphatic carbocycles. The molecule has 0 saturated heterocycles. The number of H-pyrrole nitrogens is 1. The van der Waals surface area contributed by atoms with Crippen LogP contribution in [0.2, 0.25) is 0 Å². The number of carbonyl (C=O) groups excluding carboxylic acids is 1. The van der Waals surface area contributed by atoms with Gasteiger partial charge in [-0.1, -0.05) is 152 Å². The molecule has 2 heterocycles. The van der Waals surface area contributed by atoms with Gasteiger partial charge in [0.1, 0.15) is 0 Å². The van der Waals surface area contributed by atoms with Crippen molar-refractivity contribution in [2.24, 2.45) is 5.92 Å². The fourth-order valence-corrected chi connectivity index (χ4v) is 10.6. The number of carbonyl (C=O) groups is 1. The molecular formula is C56H38N2O. The van der Waals surface area contributed by atoms with Crippen molar-refractivity contribution in [2.75, 3.05) is 0 Å². The minimum absolute atomic E-state index is 0. The van der Waals surface area contributed by atoms with Crippen molar-refractivity contribution in [3.05, 3.63) is 222 Å². The van der Waals surface area contributed by atoms with Gasteiger partial charge >= 0.3 is 0 Å². The molecule has 278 valence electrons. The number of benzene rings is 8. The summed E-state index contributed by atoms with van der Waals surface area (Å²) in [5.74, 6) is 0.526. The Balaban J connectivity index is 0.00000388. The number of para-hydroxylation sites is 1. The summed E-state index contributed by atoms with van der Waals surface area (Å²) >= 11 is 0.